The summed E-state index contributed by atoms with van der Waals surface area (Å²) in [5.41, 5.74) is 1.15. The molecule has 6 heteroatoms. The van der Waals surface area contributed by atoms with Crippen LogP contribution in [0.1, 0.15) is 18.4 Å². The van der Waals surface area contributed by atoms with Gasteiger partial charge in [-0.2, -0.15) is 0 Å². The zero-order valence-corrected chi connectivity index (χ0v) is 12.2. The number of carbonyl (C=O) groups excluding carboxylic acids is 1. The number of rotatable bonds is 4. The Kier molecular flexibility index (Phi) is 5.14. The maximum absolute atomic E-state index is 12.3. The Morgan fingerprint density at radius 3 is 2.52 bits per heavy atom. The van der Waals surface area contributed by atoms with E-state index < -0.39 is 5.97 Å². The fourth-order valence-corrected chi connectivity index (χ4v) is 2.50. The molecule has 1 fully saturated rings. The van der Waals surface area contributed by atoms with Crippen LogP contribution in [0.3, 0.4) is 0 Å². The van der Waals surface area contributed by atoms with E-state index >= 15 is 0 Å². The van der Waals surface area contributed by atoms with Gasteiger partial charge in [-0.1, -0.05) is 0 Å². The van der Waals surface area contributed by atoms with Crippen LogP contribution in [0.25, 0.3) is 0 Å². The molecule has 1 saturated heterocycles. The van der Waals surface area contributed by atoms with E-state index in [0.717, 1.165) is 12.0 Å². The van der Waals surface area contributed by atoms with Crippen LogP contribution in [-0.2, 0) is 11.2 Å². The Hall–Kier alpha value is -2.11. The Morgan fingerprint density at radius 1 is 1.33 bits per heavy atom. The van der Waals surface area contributed by atoms with Crippen molar-refractivity contribution in [3.05, 3.63) is 30.1 Å². The number of aromatic nitrogens is 1. The molecular formula is C15H21N3O3. The normalized spacial score (nSPS) is 15.8. The Balaban J connectivity index is 1.79. The first-order chi connectivity index (χ1) is 10.1. The first-order valence-corrected chi connectivity index (χ1v) is 7.19. The van der Waals surface area contributed by atoms with E-state index in [-0.39, 0.29) is 11.9 Å². The molecular weight excluding hydrogens is 270 g/mol. The second-order valence-electron chi connectivity index (χ2n) is 5.41. The Bertz CT molecular complexity index is 484. The number of nitrogens with zero attached hydrogens (tertiary/aromatic N) is 3. The van der Waals surface area contributed by atoms with Crippen LogP contribution in [0.2, 0.25) is 0 Å². The summed E-state index contributed by atoms with van der Waals surface area (Å²) >= 11 is 0. The third-order valence-electron chi connectivity index (χ3n) is 3.93. The molecule has 0 aromatic carbocycles. The van der Waals surface area contributed by atoms with Gasteiger partial charge in [0, 0.05) is 39.1 Å². The summed E-state index contributed by atoms with van der Waals surface area (Å²) < 4.78 is 0. The largest absolute Gasteiger partial charge is 0.481 e. The highest BCUT2D eigenvalue weighted by atomic mass is 16.4. The standard InChI is InChI=1S/C15H21N3O3/c1-17(9-4-12-2-7-16-8-3-12)15(21)18-10-5-13(6-11-18)14(19)20/h2-3,7-8,13H,4-6,9-11H2,1H3,(H,19,20). The minimum absolute atomic E-state index is 0.0205. The average Bonchev–Trinajstić information content (AvgIpc) is 2.53. The van der Waals surface area contributed by atoms with Gasteiger partial charge in [-0.3, -0.25) is 9.78 Å². The highest BCUT2D eigenvalue weighted by Crippen LogP contribution is 2.18. The number of hydrogen-bond donors (Lipinski definition) is 1. The maximum Gasteiger partial charge on any atom is 0.319 e. The van der Waals surface area contributed by atoms with Gasteiger partial charge in [-0.15, -0.1) is 0 Å². The van der Waals surface area contributed by atoms with Crippen molar-refractivity contribution in [2.24, 2.45) is 5.92 Å². The number of carbonyl (C=O) groups is 2. The highest BCUT2D eigenvalue weighted by molar-refractivity contribution is 5.75. The molecule has 1 aliphatic rings. The first kappa shape index (κ1) is 15.3. The second kappa shape index (κ2) is 7.06. The molecule has 21 heavy (non-hydrogen) atoms. The van der Waals surface area contributed by atoms with E-state index in [2.05, 4.69) is 4.98 Å². The van der Waals surface area contributed by atoms with Gasteiger partial charge >= 0.3 is 12.0 Å². The molecule has 114 valence electrons. The molecule has 0 radical (unpaired) electrons. The monoisotopic (exact) mass is 291 g/mol. The van der Waals surface area contributed by atoms with Crippen LogP contribution in [0.15, 0.2) is 24.5 Å². The third-order valence-corrected chi connectivity index (χ3v) is 3.93. The lowest BCUT2D eigenvalue weighted by Crippen LogP contribution is -2.46. The van der Waals surface area contributed by atoms with Crippen molar-refractivity contribution in [3.8, 4) is 0 Å². The zero-order valence-electron chi connectivity index (χ0n) is 12.2. The lowest BCUT2D eigenvalue weighted by atomic mass is 9.97. The van der Waals surface area contributed by atoms with Crippen LogP contribution < -0.4 is 0 Å². The number of hydrogen-bond acceptors (Lipinski definition) is 3. The van der Waals surface area contributed by atoms with E-state index in [9.17, 15) is 9.59 Å². The van der Waals surface area contributed by atoms with Gasteiger partial charge in [0.25, 0.3) is 0 Å². The average molecular weight is 291 g/mol. The number of carboxylic acids is 1. The summed E-state index contributed by atoms with van der Waals surface area (Å²) in [5, 5.41) is 8.96. The molecule has 0 spiro atoms. The van der Waals surface area contributed by atoms with Crippen molar-refractivity contribution < 1.29 is 14.7 Å². The number of likely N-dealkylation sites (N-methyl/N-ethyl adjacent to an activating group) is 1. The second-order valence-corrected chi connectivity index (χ2v) is 5.41. The molecule has 2 rings (SSSR count). The molecule has 1 aromatic rings. The van der Waals surface area contributed by atoms with Gasteiger partial charge in [0.05, 0.1) is 5.92 Å². The summed E-state index contributed by atoms with van der Waals surface area (Å²) in [6.45, 7) is 1.69. The SMILES string of the molecule is CN(CCc1ccncc1)C(=O)N1CCC(C(=O)O)CC1. The molecule has 2 heterocycles. The van der Waals surface area contributed by atoms with Crippen LogP contribution in [0, 0.1) is 5.92 Å². The van der Waals surface area contributed by atoms with E-state index in [1.54, 1.807) is 29.2 Å². The van der Waals surface area contributed by atoms with Gasteiger partial charge in [0.15, 0.2) is 0 Å². The van der Waals surface area contributed by atoms with Gasteiger partial charge in [-0.25, -0.2) is 4.79 Å². The van der Waals surface area contributed by atoms with Crippen LogP contribution >= 0.6 is 0 Å². The summed E-state index contributed by atoms with van der Waals surface area (Å²) in [6, 6.07) is 3.86. The van der Waals surface area contributed by atoms with Crippen LogP contribution in [-0.4, -0.2) is 58.6 Å². The maximum atomic E-state index is 12.3. The number of aliphatic carboxylic acids is 1. The fourth-order valence-electron chi connectivity index (χ4n) is 2.50. The van der Waals surface area contributed by atoms with Crippen molar-refractivity contribution in [2.75, 3.05) is 26.7 Å². The topological polar surface area (TPSA) is 73.7 Å². The Morgan fingerprint density at radius 2 is 1.95 bits per heavy atom. The van der Waals surface area contributed by atoms with Gasteiger partial charge in [0.1, 0.15) is 0 Å². The molecule has 0 saturated carbocycles. The number of pyridine rings is 1. The molecule has 2 amide bonds. The van der Waals surface area contributed by atoms with Gasteiger partial charge in [-0.05, 0) is 37.0 Å². The Labute approximate surface area is 124 Å². The van der Waals surface area contributed by atoms with Gasteiger partial charge in [0.2, 0.25) is 0 Å². The quantitative estimate of drug-likeness (QED) is 0.911. The predicted octanol–water partition coefficient (Wildman–Crippen LogP) is 1.47. The van der Waals surface area contributed by atoms with E-state index in [0.29, 0.717) is 32.5 Å². The van der Waals surface area contributed by atoms with E-state index in [1.165, 1.54) is 0 Å². The lowest BCUT2D eigenvalue weighted by Gasteiger charge is -2.33. The first-order valence-electron chi connectivity index (χ1n) is 7.19. The molecule has 0 bridgehead atoms. The summed E-state index contributed by atoms with van der Waals surface area (Å²) in [5.74, 6) is -1.07. The van der Waals surface area contributed by atoms with Crippen molar-refractivity contribution >= 4 is 12.0 Å². The smallest absolute Gasteiger partial charge is 0.319 e. The highest BCUT2D eigenvalue weighted by Gasteiger charge is 2.28. The van der Waals surface area contributed by atoms with E-state index in [1.807, 2.05) is 12.1 Å². The van der Waals surface area contributed by atoms with Crippen LogP contribution in [0.5, 0.6) is 0 Å². The number of piperidine rings is 1. The van der Waals surface area contributed by atoms with Gasteiger partial charge < -0.3 is 14.9 Å². The fraction of sp³-hybridized carbons (Fsp3) is 0.533. The minimum Gasteiger partial charge on any atom is -0.481 e. The third kappa shape index (κ3) is 4.18. The van der Waals surface area contributed by atoms with E-state index in [4.69, 9.17) is 5.11 Å². The molecule has 1 aromatic heterocycles. The summed E-state index contributed by atoms with van der Waals surface area (Å²) in [7, 11) is 1.78. The number of amides is 2. The molecule has 1 N–H and O–H groups in total. The molecule has 1 aliphatic heterocycles. The van der Waals surface area contributed by atoms with Crippen molar-refractivity contribution in [2.45, 2.75) is 19.3 Å². The molecule has 0 aliphatic carbocycles. The molecule has 6 nitrogen and oxygen atoms in total. The summed E-state index contributed by atoms with van der Waals surface area (Å²) in [4.78, 5) is 30.6. The number of likely N-dealkylation sites (tertiary alicyclic amines) is 1. The number of urea groups is 1. The van der Waals surface area contributed by atoms with Crippen LogP contribution in [0.4, 0.5) is 4.79 Å². The molecule has 0 atom stereocenters. The zero-order chi connectivity index (χ0) is 15.2. The van der Waals surface area contributed by atoms with Crippen molar-refractivity contribution in [3.63, 3.8) is 0 Å². The minimum atomic E-state index is -0.756. The van der Waals surface area contributed by atoms with Crippen molar-refractivity contribution in [1.82, 2.24) is 14.8 Å². The van der Waals surface area contributed by atoms with Crippen molar-refractivity contribution in [1.29, 1.82) is 0 Å². The predicted molar refractivity (Wildman–Crippen MR) is 77.9 cm³/mol. The lowest BCUT2D eigenvalue weighted by molar-refractivity contribution is -0.143. The number of carboxylic acid groups (broad SMARTS) is 1. The summed E-state index contributed by atoms with van der Waals surface area (Å²) in [6.07, 6.45) is 5.36. The molecule has 0 unspecified atom stereocenters.